The van der Waals surface area contributed by atoms with Gasteiger partial charge in [-0.05, 0) is 63.8 Å². The number of hydrogen-bond donors (Lipinski definition) is 1. The van der Waals surface area contributed by atoms with E-state index in [1.54, 1.807) is 0 Å². The predicted molar refractivity (Wildman–Crippen MR) is 116 cm³/mol. The summed E-state index contributed by atoms with van der Waals surface area (Å²) in [4.78, 5) is 2.16. The highest BCUT2D eigenvalue weighted by molar-refractivity contribution is 5.70. The minimum absolute atomic E-state index is 0.664. The average Bonchev–Trinajstić information content (AvgIpc) is 2.69. The first-order chi connectivity index (χ1) is 13.6. The normalized spacial score (nSPS) is 11.3. The number of ether oxygens (including phenoxy) is 2. The van der Waals surface area contributed by atoms with Crippen LogP contribution in [0.5, 0.6) is 11.5 Å². The SMILES string of the molecule is CNCCCOc1cc(C=Cc2cc[n+](C)cc2)ccc1OCCCN(C)C. The van der Waals surface area contributed by atoms with E-state index in [4.69, 9.17) is 9.47 Å². The molecule has 2 rings (SSSR count). The average molecular weight is 385 g/mol. The van der Waals surface area contributed by atoms with Crippen molar-refractivity contribution < 1.29 is 14.0 Å². The summed E-state index contributed by atoms with van der Waals surface area (Å²) in [5.41, 5.74) is 2.26. The molecule has 0 saturated carbocycles. The zero-order valence-corrected chi connectivity index (χ0v) is 17.6. The lowest BCUT2D eigenvalue weighted by molar-refractivity contribution is -0.671. The van der Waals surface area contributed by atoms with Crippen LogP contribution in [0.1, 0.15) is 24.0 Å². The van der Waals surface area contributed by atoms with Crippen LogP contribution in [0.4, 0.5) is 0 Å². The quantitative estimate of drug-likeness (QED) is 0.451. The molecule has 152 valence electrons. The van der Waals surface area contributed by atoms with Crippen LogP contribution in [0.25, 0.3) is 12.2 Å². The predicted octanol–water partition coefficient (Wildman–Crippen LogP) is 3.00. The first-order valence-electron chi connectivity index (χ1n) is 9.91. The lowest BCUT2D eigenvalue weighted by Gasteiger charge is -2.15. The number of pyridine rings is 1. The Kier molecular flexibility index (Phi) is 9.52. The van der Waals surface area contributed by atoms with Crippen molar-refractivity contribution in [3.63, 3.8) is 0 Å². The molecule has 2 aromatic rings. The largest absolute Gasteiger partial charge is 0.490 e. The van der Waals surface area contributed by atoms with Gasteiger partial charge in [-0.3, -0.25) is 0 Å². The second-order valence-corrected chi connectivity index (χ2v) is 7.15. The van der Waals surface area contributed by atoms with Crippen LogP contribution >= 0.6 is 0 Å². The molecule has 5 heteroatoms. The van der Waals surface area contributed by atoms with Crippen LogP contribution in [0.15, 0.2) is 42.7 Å². The fourth-order valence-corrected chi connectivity index (χ4v) is 2.67. The molecule has 0 aliphatic heterocycles. The zero-order valence-electron chi connectivity index (χ0n) is 17.6. The number of nitrogens with zero attached hydrogens (tertiary/aromatic N) is 2. The van der Waals surface area contributed by atoms with Gasteiger partial charge in [-0.25, -0.2) is 4.57 Å². The summed E-state index contributed by atoms with van der Waals surface area (Å²) < 4.78 is 14.0. The summed E-state index contributed by atoms with van der Waals surface area (Å²) in [6.07, 6.45) is 10.2. The molecule has 1 N–H and O–H groups in total. The molecule has 0 aliphatic carbocycles. The topological polar surface area (TPSA) is 37.6 Å². The van der Waals surface area contributed by atoms with Crippen molar-refractivity contribution in [3.05, 3.63) is 53.9 Å². The number of nitrogens with one attached hydrogen (secondary N) is 1. The van der Waals surface area contributed by atoms with Gasteiger partial charge in [0.25, 0.3) is 0 Å². The van der Waals surface area contributed by atoms with E-state index < -0.39 is 0 Å². The molecule has 5 nitrogen and oxygen atoms in total. The highest BCUT2D eigenvalue weighted by Crippen LogP contribution is 2.29. The Morgan fingerprint density at radius 2 is 1.61 bits per heavy atom. The lowest BCUT2D eigenvalue weighted by Crippen LogP contribution is -2.25. The van der Waals surface area contributed by atoms with Gasteiger partial charge in [-0.15, -0.1) is 0 Å². The Morgan fingerprint density at radius 1 is 0.929 bits per heavy atom. The Labute approximate surface area is 169 Å². The molecule has 0 radical (unpaired) electrons. The summed E-state index contributed by atoms with van der Waals surface area (Å²) in [7, 11) is 8.12. The van der Waals surface area contributed by atoms with Gasteiger partial charge in [-0.2, -0.15) is 0 Å². The molecular formula is C23H34N3O2+. The molecule has 0 spiro atoms. The Balaban J connectivity index is 2.05. The van der Waals surface area contributed by atoms with E-state index in [0.717, 1.165) is 43.0 Å². The molecule has 1 aromatic carbocycles. The second kappa shape index (κ2) is 12.2. The number of hydrogen-bond acceptors (Lipinski definition) is 4. The van der Waals surface area contributed by atoms with Crippen LogP contribution in [-0.4, -0.2) is 52.3 Å². The van der Waals surface area contributed by atoms with Gasteiger partial charge in [-0.1, -0.05) is 18.2 Å². The van der Waals surface area contributed by atoms with Crippen molar-refractivity contribution in [2.75, 3.05) is 47.4 Å². The fourth-order valence-electron chi connectivity index (χ4n) is 2.67. The number of aromatic nitrogens is 1. The molecule has 0 saturated heterocycles. The molecule has 0 aliphatic rings. The summed E-state index contributed by atoms with van der Waals surface area (Å²) in [6.45, 7) is 3.29. The molecule has 1 heterocycles. The summed E-state index contributed by atoms with van der Waals surface area (Å²) in [6, 6.07) is 10.3. The zero-order chi connectivity index (χ0) is 20.2. The van der Waals surface area contributed by atoms with Crippen LogP contribution in [0.3, 0.4) is 0 Å². The van der Waals surface area contributed by atoms with Gasteiger partial charge in [0, 0.05) is 18.7 Å². The maximum absolute atomic E-state index is 6.01. The van der Waals surface area contributed by atoms with Crippen molar-refractivity contribution >= 4 is 12.2 Å². The van der Waals surface area contributed by atoms with E-state index in [0.29, 0.717) is 13.2 Å². The third kappa shape index (κ3) is 8.11. The molecule has 0 fully saturated rings. The van der Waals surface area contributed by atoms with Crippen molar-refractivity contribution in [2.45, 2.75) is 12.8 Å². The maximum Gasteiger partial charge on any atom is 0.169 e. The minimum Gasteiger partial charge on any atom is -0.490 e. The monoisotopic (exact) mass is 384 g/mol. The molecule has 0 amide bonds. The number of aryl methyl sites for hydroxylation is 1. The third-order valence-corrected chi connectivity index (χ3v) is 4.28. The molecule has 0 unspecified atom stereocenters. The van der Waals surface area contributed by atoms with E-state index in [1.165, 1.54) is 5.56 Å². The standard InChI is InChI=1S/C23H34N3O2/c1-24-13-5-17-28-23-19-21(8-7-20-11-15-26(4)16-12-20)9-10-22(23)27-18-6-14-25(2)3/h7-12,15-16,19,24H,5-6,13-14,17-18H2,1-4H3/q+1. The van der Waals surface area contributed by atoms with Gasteiger partial charge in [0.1, 0.15) is 7.05 Å². The number of rotatable bonds is 12. The molecule has 0 bridgehead atoms. The van der Waals surface area contributed by atoms with E-state index >= 15 is 0 Å². The van der Waals surface area contributed by atoms with Crippen molar-refractivity contribution in [1.82, 2.24) is 10.2 Å². The minimum atomic E-state index is 0.664. The van der Waals surface area contributed by atoms with E-state index in [2.05, 4.69) is 60.7 Å². The maximum atomic E-state index is 6.01. The Hall–Kier alpha value is -2.37. The Bertz CT molecular complexity index is 727. The van der Waals surface area contributed by atoms with Crippen LogP contribution in [0, 0.1) is 0 Å². The Morgan fingerprint density at radius 3 is 2.32 bits per heavy atom. The highest BCUT2D eigenvalue weighted by atomic mass is 16.5. The summed E-state index contributed by atoms with van der Waals surface area (Å²) in [5.74, 6) is 1.62. The van der Waals surface area contributed by atoms with Gasteiger partial charge < -0.3 is 19.7 Å². The van der Waals surface area contributed by atoms with Crippen molar-refractivity contribution in [2.24, 2.45) is 7.05 Å². The fraction of sp³-hybridized carbons (Fsp3) is 0.435. The van der Waals surface area contributed by atoms with Gasteiger partial charge in [0.2, 0.25) is 0 Å². The van der Waals surface area contributed by atoms with E-state index in [1.807, 2.05) is 37.1 Å². The first kappa shape index (κ1) is 21.9. The van der Waals surface area contributed by atoms with Crippen LogP contribution < -0.4 is 19.4 Å². The highest BCUT2D eigenvalue weighted by Gasteiger charge is 2.07. The van der Waals surface area contributed by atoms with Gasteiger partial charge in [0.15, 0.2) is 23.9 Å². The van der Waals surface area contributed by atoms with Crippen LogP contribution in [0.2, 0.25) is 0 Å². The summed E-state index contributed by atoms with van der Waals surface area (Å²) in [5, 5.41) is 3.15. The second-order valence-electron chi connectivity index (χ2n) is 7.15. The van der Waals surface area contributed by atoms with E-state index in [-0.39, 0.29) is 0 Å². The smallest absolute Gasteiger partial charge is 0.169 e. The van der Waals surface area contributed by atoms with Gasteiger partial charge in [0.05, 0.1) is 13.2 Å². The van der Waals surface area contributed by atoms with Crippen molar-refractivity contribution in [1.29, 1.82) is 0 Å². The molecular weight excluding hydrogens is 350 g/mol. The lowest BCUT2D eigenvalue weighted by atomic mass is 10.1. The molecule has 1 aromatic heterocycles. The molecule has 28 heavy (non-hydrogen) atoms. The summed E-state index contributed by atoms with van der Waals surface area (Å²) >= 11 is 0. The van der Waals surface area contributed by atoms with Gasteiger partial charge >= 0.3 is 0 Å². The first-order valence-corrected chi connectivity index (χ1v) is 9.91. The number of benzene rings is 1. The third-order valence-electron chi connectivity index (χ3n) is 4.28. The van der Waals surface area contributed by atoms with Crippen LogP contribution in [-0.2, 0) is 7.05 Å². The van der Waals surface area contributed by atoms with Crippen molar-refractivity contribution in [3.8, 4) is 11.5 Å². The van der Waals surface area contributed by atoms with E-state index in [9.17, 15) is 0 Å². The molecule has 0 atom stereocenters.